The van der Waals surface area contributed by atoms with Crippen LogP contribution in [-0.4, -0.2) is 30.1 Å². The molecule has 1 aliphatic heterocycles. The van der Waals surface area contributed by atoms with E-state index in [2.05, 4.69) is 4.98 Å². The molecule has 5 rings (SSSR count). The van der Waals surface area contributed by atoms with Gasteiger partial charge in [0.05, 0.1) is 28.4 Å². The average Bonchev–Trinajstić information content (AvgIpc) is 3.52. The van der Waals surface area contributed by atoms with Gasteiger partial charge in [0, 0.05) is 6.61 Å². The Kier molecular flexibility index (Phi) is 5.06. The third-order valence-corrected chi connectivity index (χ3v) is 6.18. The number of thiazole rings is 1. The summed E-state index contributed by atoms with van der Waals surface area (Å²) >= 11 is 1.45. The molecule has 5 nitrogen and oxygen atoms in total. The van der Waals surface area contributed by atoms with Gasteiger partial charge >= 0.3 is 0 Å². The largest absolute Gasteiger partial charge is 0.451 e. The molecule has 2 aromatic carbocycles. The minimum absolute atomic E-state index is 0.0398. The monoisotopic (exact) mass is 422 g/mol. The number of furan rings is 1. The van der Waals surface area contributed by atoms with Crippen molar-refractivity contribution in [3.63, 3.8) is 0 Å². The third kappa shape index (κ3) is 3.62. The Labute approximate surface area is 176 Å². The summed E-state index contributed by atoms with van der Waals surface area (Å²) in [5, 5.41) is 0.598. The van der Waals surface area contributed by atoms with Crippen LogP contribution in [0.5, 0.6) is 0 Å². The van der Waals surface area contributed by atoms with Crippen molar-refractivity contribution in [2.45, 2.75) is 18.9 Å². The minimum Gasteiger partial charge on any atom is -0.451 e. The molecule has 0 radical (unpaired) electrons. The van der Waals surface area contributed by atoms with Gasteiger partial charge in [-0.2, -0.15) is 0 Å². The molecule has 0 N–H and O–H groups in total. The summed E-state index contributed by atoms with van der Waals surface area (Å²) in [6, 6.07) is 17.3. The number of ether oxygens (including phenoxy) is 1. The molecular formula is C23H19FN2O3S. The second-order valence-corrected chi connectivity index (χ2v) is 8.17. The van der Waals surface area contributed by atoms with Crippen molar-refractivity contribution >= 4 is 32.6 Å². The number of aromatic nitrogens is 1. The Balaban J connectivity index is 1.49. The number of anilines is 1. The number of amides is 1. The Morgan fingerprint density at radius 2 is 1.97 bits per heavy atom. The predicted octanol–water partition coefficient (Wildman–Crippen LogP) is 5.52. The molecule has 0 bridgehead atoms. The number of carbonyl (C=O) groups excluding carboxylic acids is 1. The van der Waals surface area contributed by atoms with E-state index in [1.54, 1.807) is 35.2 Å². The van der Waals surface area contributed by atoms with Crippen molar-refractivity contribution < 1.29 is 18.3 Å². The van der Waals surface area contributed by atoms with Gasteiger partial charge < -0.3 is 9.15 Å². The summed E-state index contributed by atoms with van der Waals surface area (Å²) in [4.78, 5) is 19.7. The molecule has 1 saturated heterocycles. The van der Waals surface area contributed by atoms with Gasteiger partial charge in [0.2, 0.25) is 0 Å². The number of nitrogens with zero attached hydrogens (tertiary/aromatic N) is 2. The fourth-order valence-electron chi connectivity index (χ4n) is 3.61. The standard InChI is InChI=1S/C23H19FN2O3S/c24-17-8-2-1-7-16(17)19-11-12-20(29-19)22(27)26(14-15-6-5-13-28-15)23-25-18-9-3-4-10-21(18)30-23/h1-4,7-12,15H,5-6,13-14H2/t15-/m1/s1. The maximum Gasteiger partial charge on any atom is 0.295 e. The van der Waals surface area contributed by atoms with E-state index < -0.39 is 5.82 Å². The lowest BCUT2D eigenvalue weighted by Gasteiger charge is -2.22. The van der Waals surface area contributed by atoms with Crippen LogP contribution in [0.15, 0.2) is 65.1 Å². The van der Waals surface area contributed by atoms with Crippen molar-refractivity contribution in [2.75, 3.05) is 18.1 Å². The van der Waals surface area contributed by atoms with Crippen LogP contribution in [0.4, 0.5) is 9.52 Å². The Morgan fingerprint density at radius 3 is 2.77 bits per heavy atom. The summed E-state index contributed by atoms with van der Waals surface area (Å²) in [7, 11) is 0. The molecule has 2 aromatic heterocycles. The first-order valence-electron chi connectivity index (χ1n) is 9.83. The fraction of sp³-hybridized carbons (Fsp3) is 0.217. The molecule has 0 saturated carbocycles. The summed E-state index contributed by atoms with van der Waals surface area (Å²) in [6.07, 6.45) is 1.83. The molecule has 30 heavy (non-hydrogen) atoms. The second-order valence-electron chi connectivity index (χ2n) is 7.16. The SMILES string of the molecule is O=C(c1ccc(-c2ccccc2F)o1)N(C[C@H]1CCCO1)c1nc2ccccc2s1. The molecule has 1 fully saturated rings. The van der Waals surface area contributed by atoms with Crippen molar-refractivity contribution in [2.24, 2.45) is 0 Å². The van der Waals surface area contributed by atoms with E-state index in [0.29, 0.717) is 29.6 Å². The molecular weight excluding hydrogens is 403 g/mol. The number of benzene rings is 2. The van der Waals surface area contributed by atoms with Gasteiger partial charge in [-0.3, -0.25) is 9.69 Å². The number of hydrogen-bond acceptors (Lipinski definition) is 5. The average molecular weight is 422 g/mol. The Bertz CT molecular complexity index is 1160. The first-order chi connectivity index (χ1) is 14.7. The lowest BCUT2D eigenvalue weighted by Crippen LogP contribution is -2.37. The maximum absolute atomic E-state index is 14.1. The molecule has 0 unspecified atom stereocenters. The summed E-state index contributed by atoms with van der Waals surface area (Å²) in [5.41, 5.74) is 1.16. The van der Waals surface area contributed by atoms with Crippen LogP contribution in [-0.2, 0) is 4.74 Å². The van der Waals surface area contributed by atoms with Gasteiger partial charge in [0.1, 0.15) is 11.6 Å². The van der Waals surface area contributed by atoms with E-state index >= 15 is 0 Å². The van der Waals surface area contributed by atoms with Crippen molar-refractivity contribution in [1.82, 2.24) is 4.98 Å². The number of halogens is 1. The fourth-order valence-corrected chi connectivity index (χ4v) is 4.58. The van der Waals surface area contributed by atoms with Crippen LogP contribution in [0.2, 0.25) is 0 Å². The van der Waals surface area contributed by atoms with Gasteiger partial charge in [-0.25, -0.2) is 9.37 Å². The first-order valence-corrected chi connectivity index (χ1v) is 10.6. The highest BCUT2D eigenvalue weighted by atomic mass is 32.1. The molecule has 4 aromatic rings. The zero-order valence-corrected chi connectivity index (χ0v) is 16.9. The van der Waals surface area contributed by atoms with E-state index in [0.717, 1.165) is 23.1 Å². The topological polar surface area (TPSA) is 55.6 Å². The van der Waals surface area contributed by atoms with Crippen LogP contribution >= 0.6 is 11.3 Å². The summed E-state index contributed by atoms with van der Waals surface area (Å²) in [5.74, 6) is -0.247. The maximum atomic E-state index is 14.1. The third-order valence-electron chi connectivity index (χ3n) is 5.12. The zero-order chi connectivity index (χ0) is 20.5. The Hall–Kier alpha value is -3.03. The second kappa shape index (κ2) is 8.01. The predicted molar refractivity (Wildman–Crippen MR) is 114 cm³/mol. The van der Waals surface area contributed by atoms with E-state index in [9.17, 15) is 9.18 Å². The number of hydrogen-bond donors (Lipinski definition) is 0. The highest BCUT2D eigenvalue weighted by molar-refractivity contribution is 7.22. The lowest BCUT2D eigenvalue weighted by molar-refractivity contribution is 0.0895. The van der Waals surface area contributed by atoms with Gasteiger partial charge in [-0.15, -0.1) is 0 Å². The molecule has 0 aliphatic carbocycles. The van der Waals surface area contributed by atoms with Gasteiger partial charge in [-0.05, 0) is 49.2 Å². The minimum atomic E-state index is -0.395. The van der Waals surface area contributed by atoms with Gasteiger partial charge in [0.15, 0.2) is 10.9 Å². The molecule has 7 heteroatoms. The van der Waals surface area contributed by atoms with E-state index in [4.69, 9.17) is 9.15 Å². The number of rotatable bonds is 5. The molecule has 152 valence electrons. The van der Waals surface area contributed by atoms with E-state index in [-0.39, 0.29) is 17.8 Å². The number of para-hydroxylation sites is 1. The van der Waals surface area contributed by atoms with Crippen LogP contribution in [0.1, 0.15) is 23.4 Å². The van der Waals surface area contributed by atoms with Crippen LogP contribution in [0.3, 0.4) is 0 Å². The molecule has 0 spiro atoms. The molecule has 1 amide bonds. The quantitative estimate of drug-likeness (QED) is 0.425. The molecule has 1 atom stereocenters. The summed E-state index contributed by atoms with van der Waals surface area (Å²) < 4.78 is 26.6. The number of carbonyl (C=O) groups is 1. The number of fused-ring (bicyclic) bond motifs is 1. The van der Waals surface area contributed by atoms with Gasteiger partial charge in [0.25, 0.3) is 5.91 Å². The van der Waals surface area contributed by atoms with Crippen molar-refractivity contribution in [3.05, 3.63) is 72.2 Å². The highest BCUT2D eigenvalue weighted by Crippen LogP contribution is 2.32. The molecule has 3 heterocycles. The zero-order valence-electron chi connectivity index (χ0n) is 16.1. The first kappa shape index (κ1) is 19.0. The normalized spacial score (nSPS) is 16.2. The van der Waals surface area contributed by atoms with E-state index in [1.165, 1.54) is 17.4 Å². The summed E-state index contributed by atoms with van der Waals surface area (Å²) in [6.45, 7) is 1.10. The Morgan fingerprint density at radius 1 is 1.13 bits per heavy atom. The smallest absolute Gasteiger partial charge is 0.295 e. The van der Waals surface area contributed by atoms with E-state index in [1.807, 2.05) is 24.3 Å². The van der Waals surface area contributed by atoms with Crippen LogP contribution in [0.25, 0.3) is 21.5 Å². The van der Waals surface area contributed by atoms with Crippen LogP contribution < -0.4 is 4.90 Å². The molecule has 1 aliphatic rings. The van der Waals surface area contributed by atoms with Gasteiger partial charge in [-0.1, -0.05) is 35.6 Å². The lowest BCUT2D eigenvalue weighted by atomic mass is 10.1. The van der Waals surface area contributed by atoms with Crippen molar-refractivity contribution in [3.8, 4) is 11.3 Å². The highest BCUT2D eigenvalue weighted by Gasteiger charge is 2.29. The van der Waals surface area contributed by atoms with Crippen molar-refractivity contribution in [1.29, 1.82) is 0 Å². The van der Waals surface area contributed by atoms with Crippen LogP contribution in [0, 0.1) is 5.82 Å².